The monoisotopic (exact) mass is 208 g/mol. The van der Waals surface area contributed by atoms with E-state index < -0.39 is 0 Å². The summed E-state index contributed by atoms with van der Waals surface area (Å²) in [5.41, 5.74) is 0.760. The molecule has 0 radical (unpaired) electrons. The van der Waals surface area contributed by atoms with E-state index in [0.717, 1.165) is 18.4 Å². The summed E-state index contributed by atoms with van der Waals surface area (Å²) < 4.78 is 0. The van der Waals surface area contributed by atoms with Crippen LogP contribution in [0.25, 0.3) is 0 Å². The average Bonchev–Trinajstić information content (AvgIpc) is 2.51. The maximum atomic E-state index is 11.3. The van der Waals surface area contributed by atoms with Crippen molar-refractivity contribution >= 4 is 11.6 Å². The molecule has 0 aliphatic heterocycles. The van der Waals surface area contributed by atoms with Crippen LogP contribution >= 0.6 is 0 Å². The molecule has 0 aromatic carbocycles. The molecule has 0 unspecified atom stereocenters. The zero-order chi connectivity index (χ0) is 11.1. The first-order valence-corrected chi connectivity index (χ1v) is 5.98. The van der Waals surface area contributed by atoms with Gasteiger partial charge in [0, 0.05) is 6.42 Å². The Morgan fingerprint density at radius 3 is 2.40 bits per heavy atom. The molecule has 15 heavy (non-hydrogen) atoms. The molecule has 0 spiro atoms. The zero-order valence-corrected chi connectivity index (χ0v) is 9.55. The molecule has 1 saturated carbocycles. The van der Waals surface area contributed by atoms with Gasteiger partial charge in [-0.05, 0) is 18.4 Å². The Hall–Kier alpha value is -0.920. The van der Waals surface area contributed by atoms with Gasteiger partial charge >= 0.3 is 0 Å². The summed E-state index contributed by atoms with van der Waals surface area (Å²) in [7, 11) is 0. The molecular formula is C13H20O2. The van der Waals surface area contributed by atoms with Crippen LogP contribution in [0.3, 0.4) is 0 Å². The molecule has 0 aromatic rings. The van der Waals surface area contributed by atoms with E-state index in [0.29, 0.717) is 6.42 Å². The number of carbonyl (C=O) groups excluding carboxylic acids is 2. The van der Waals surface area contributed by atoms with Crippen LogP contribution in [0.2, 0.25) is 0 Å². The number of unbranched alkanes of at least 4 members (excludes halogenated alkanes) is 5. The van der Waals surface area contributed by atoms with Gasteiger partial charge in [-0.3, -0.25) is 9.59 Å². The lowest BCUT2D eigenvalue weighted by Crippen LogP contribution is -1.91. The summed E-state index contributed by atoms with van der Waals surface area (Å²) in [5.74, 6) is 0.130. The molecule has 0 aromatic heterocycles. The lowest BCUT2D eigenvalue weighted by atomic mass is 10.1. The van der Waals surface area contributed by atoms with Gasteiger partial charge in [-0.1, -0.05) is 38.7 Å². The van der Waals surface area contributed by atoms with E-state index in [1.165, 1.54) is 25.7 Å². The van der Waals surface area contributed by atoms with Crippen molar-refractivity contribution in [3.63, 3.8) is 0 Å². The van der Waals surface area contributed by atoms with Crippen molar-refractivity contribution in [2.24, 2.45) is 0 Å². The Morgan fingerprint density at radius 1 is 1.07 bits per heavy atom. The van der Waals surface area contributed by atoms with Gasteiger partial charge in [-0.25, -0.2) is 0 Å². The number of rotatable bonds is 6. The van der Waals surface area contributed by atoms with E-state index in [4.69, 9.17) is 0 Å². The summed E-state index contributed by atoms with van der Waals surface area (Å²) in [6.07, 6.45) is 9.67. The molecule has 2 nitrogen and oxygen atoms in total. The largest absolute Gasteiger partial charge is 0.299 e. The summed E-state index contributed by atoms with van der Waals surface area (Å²) in [5, 5.41) is 0. The van der Waals surface area contributed by atoms with Crippen molar-refractivity contribution in [1.82, 2.24) is 0 Å². The van der Waals surface area contributed by atoms with Crippen molar-refractivity contribution in [3.8, 4) is 0 Å². The minimum absolute atomic E-state index is 0.0496. The van der Waals surface area contributed by atoms with Crippen LogP contribution < -0.4 is 0 Å². The Bertz CT molecular complexity index is 264. The molecule has 0 N–H and O–H groups in total. The Balaban J connectivity index is 2.15. The first kappa shape index (κ1) is 12.2. The Kier molecular flexibility index (Phi) is 5.30. The van der Waals surface area contributed by atoms with E-state index in [2.05, 4.69) is 6.92 Å². The predicted molar refractivity (Wildman–Crippen MR) is 60.7 cm³/mol. The summed E-state index contributed by atoms with van der Waals surface area (Å²) in [6.45, 7) is 2.20. The van der Waals surface area contributed by atoms with E-state index in [1.807, 2.05) is 6.08 Å². The van der Waals surface area contributed by atoms with Gasteiger partial charge in [-0.2, -0.15) is 0 Å². The third-order valence-corrected chi connectivity index (χ3v) is 2.80. The second-order valence-corrected chi connectivity index (χ2v) is 4.25. The van der Waals surface area contributed by atoms with Gasteiger partial charge in [0.05, 0.1) is 6.42 Å². The van der Waals surface area contributed by atoms with E-state index in [-0.39, 0.29) is 18.0 Å². The molecule has 1 aliphatic carbocycles. The van der Waals surface area contributed by atoms with Gasteiger partial charge in [-0.15, -0.1) is 0 Å². The maximum Gasteiger partial charge on any atom is 0.166 e. The highest BCUT2D eigenvalue weighted by Gasteiger charge is 2.23. The van der Waals surface area contributed by atoms with Crippen LogP contribution in [0.4, 0.5) is 0 Å². The predicted octanol–water partition coefficient (Wildman–Crippen LogP) is 3.21. The molecule has 0 atom stereocenters. The number of carbonyl (C=O) groups is 2. The smallest absolute Gasteiger partial charge is 0.166 e. The lowest BCUT2D eigenvalue weighted by molar-refractivity contribution is -0.121. The van der Waals surface area contributed by atoms with E-state index >= 15 is 0 Å². The fraction of sp³-hybridized carbons (Fsp3) is 0.692. The fourth-order valence-electron chi connectivity index (χ4n) is 1.88. The SMILES string of the molecule is CCCCCCC/C=C1\CC(=O)CC1=O. The fourth-order valence-corrected chi connectivity index (χ4v) is 1.88. The number of ketones is 2. The van der Waals surface area contributed by atoms with Crippen molar-refractivity contribution in [2.45, 2.75) is 58.3 Å². The molecule has 0 heterocycles. The molecule has 2 heteroatoms. The second-order valence-electron chi connectivity index (χ2n) is 4.25. The maximum absolute atomic E-state index is 11.3. The first-order chi connectivity index (χ1) is 7.24. The van der Waals surface area contributed by atoms with Crippen molar-refractivity contribution < 1.29 is 9.59 Å². The summed E-state index contributed by atoms with van der Waals surface area (Å²) in [6, 6.07) is 0. The van der Waals surface area contributed by atoms with Crippen molar-refractivity contribution in [3.05, 3.63) is 11.6 Å². The van der Waals surface area contributed by atoms with Gasteiger partial charge in [0.15, 0.2) is 5.78 Å². The van der Waals surface area contributed by atoms with Crippen molar-refractivity contribution in [2.75, 3.05) is 0 Å². The van der Waals surface area contributed by atoms with Crippen LogP contribution in [0, 0.1) is 0 Å². The van der Waals surface area contributed by atoms with Gasteiger partial charge in [0.2, 0.25) is 0 Å². The minimum atomic E-state index is 0.0496. The van der Waals surface area contributed by atoms with E-state index in [9.17, 15) is 9.59 Å². The molecule has 0 bridgehead atoms. The number of allylic oxidation sites excluding steroid dienone is 2. The average molecular weight is 208 g/mol. The highest BCUT2D eigenvalue weighted by atomic mass is 16.2. The zero-order valence-electron chi connectivity index (χ0n) is 9.55. The Labute approximate surface area is 91.7 Å². The molecule has 1 aliphatic rings. The van der Waals surface area contributed by atoms with Crippen LogP contribution in [-0.2, 0) is 9.59 Å². The molecule has 84 valence electrons. The second kappa shape index (κ2) is 6.54. The third kappa shape index (κ3) is 4.41. The molecule has 1 fully saturated rings. The van der Waals surface area contributed by atoms with Crippen LogP contribution in [-0.4, -0.2) is 11.6 Å². The molecule has 1 rings (SSSR count). The first-order valence-electron chi connectivity index (χ1n) is 5.98. The molecule has 0 saturated heterocycles. The van der Waals surface area contributed by atoms with Crippen LogP contribution in [0.5, 0.6) is 0 Å². The van der Waals surface area contributed by atoms with Gasteiger partial charge in [0.1, 0.15) is 5.78 Å². The highest BCUT2D eigenvalue weighted by Crippen LogP contribution is 2.18. The minimum Gasteiger partial charge on any atom is -0.299 e. The van der Waals surface area contributed by atoms with Crippen molar-refractivity contribution in [1.29, 1.82) is 0 Å². The molecular weight excluding hydrogens is 188 g/mol. The quantitative estimate of drug-likeness (QED) is 0.381. The number of hydrogen-bond donors (Lipinski definition) is 0. The summed E-state index contributed by atoms with van der Waals surface area (Å²) >= 11 is 0. The standard InChI is InChI=1S/C13H20O2/c1-2-3-4-5-6-7-8-11-9-12(14)10-13(11)15/h8H,2-7,9-10H2,1H3/b11-8+. The number of hydrogen-bond acceptors (Lipinski definition) is 2. The normalized spacial score (nSPS) is 19.1. The lowest BCUT2D eigenvalue weighted by Gasteiger charge is -1.97. The summed E-state index contributed by atoms with van der Waals surface area (Å²) in [4.78, 5) is 22.2. The van der Waals surface area contributed by atoms with Gasteiger partial charge in [0.25, 0.3) is 0 Å². The van der Waals surface area contributed by atoms with Crippen LogP contribution in [0.15, 0.2) is 11.6 Å². The third-order valence-electron chi connectivity index (χ3n) is 2.80. The topological polar surface area (TPSA) is 34.1 Å². The highest BCUT2D eigenvalue weighted by molar-refractivity contribution is 6.16. The molecule has 0 amide bonds. The Morgan fingerprint density at radius 2 is 1.80 bits per heavy atom. The van der Waals surface area contributed by atoms with Gasteiger partial charge < -0.3 is 0 Å². The van der Waals surface area contributed by atoms with E-state index in [1.54, 1.807) is 0 Å². The van der Waals surface area contributed by atoms with Crippen LogP contribution in [0.1, 0.15) is 58.3 Å². The number of Topliss-reactive ketones (excluding diaryl/α,β-unsaturated/α-hetero) is 2.